The number of carbonyl (C=O) groups excluding carboxylic acids is 1. The van der Waals surface area contributed by atoms with Gasteiger partial charge in [0.15, 0.2) is 0 Å². The summed E-state index contributed by atoms with van der Waals surface area (Å²) < 4.78 is 7.96. The van der Waals surface area contributed by atoms with Crippen LogP contribution in [-0.4, -0.2) is 38.5 Å². The lowest BCUT2D eigenvalue weighted by molar-refractivity contribution is -0.134. The van der Waals surface area contributed by atoms with Crippen LogP contribution in [0.1, 0.15) is 43.8 Å². The van der Waals surface area contributed by atoms with Crippen LogP contribution in [0.2, 0.25) is 0 Å². The molecule has 0 aromatic carbocycles. The van der Waals surface area contributed by atoms with E-state index >= 15 is 0 Å². The molecule has 1 amide bonds. The first-order valence-corrected chi connectivity index (χ1v) is 9.12. The molecule has 0 saturated heterocycles. The zero-order valence-electron chi connectivity index (χ0n) is 14.4. The Morgan fingerprint density at radius 2 is 2.16 bits per heavy atom. The maximum atomic E-state index is 12.7. The van der Waals surface area contributed by atoms with E-state index in [0.717, 1.165) is 5.69 Å². The van der Waals surface area contributed by atoms with Gasteiger partial charge in [0, 0.05) is 31.4 Å². The highest BCUT2D eigenvalue weighted by Crippen LogP contribution is 2.29. The van der Waals surface area contributed by atoms with Gasteiger partial charge in [0.1, 0.15) is 6.61 Å². The smallest absolute Gasteiger partial charge is 0.223 e. The Morgan fingerprint density at radius 1 is 1.28 bits per heavy atom. The van der Waals surface area contributed by atoms with E-state index in [1.54, 1.807) is 6.20 Å². The first-order valence-electron chi connectivity index (χ1n) is 9.12. The van der Waals surface area contributed by atoms with Crippen LogP contribution in [0.3, 0.4) is 0 Å². The van der Waals surface area contributed by atoms with Crippen LogP contribution < -0.4 is 4.74 Å². The summed E-state index contributed by atoms with van der Waals surface area (Å²) in [5.74, 6) is 1.45. The number of hydrogen-bond donors (Lipinski definition) is 0. The summed E-state index contributed by atoms with van der Waals surface area (Å²) >= 11 is 0. The first kappa shape index (κ1) is 16.1. The minimum Gasteiger partial charge on any atom is -0.475 e. The Kier molecular flexibility index (Phi) is 4.68. The predicted molar refractivity (Wildman–Crippen MR) is 93.0 cm³/mol. The van der Waals surface area contributed by atoms with Gasteiger partial charge in [-0.1, -0.05) is 18.9 Å². The normalized spacial score (nSPS) is 20.5. The molecular weight excluding hydrogens is 316 g/mol. The van der Waals surface area contributed by atoms with Gasteiger partial charge < -0.3 is 14.2 Å². The molecule has 6 heteroatoms. The number of fused-ring (bicyclic) bond motifs is 1. The van der Waals surface area contributed by atoms with E-state index in [9.17, 15) is 4.79 Å². The molecule has 0 spiro atoms. The third-order valence-electron chi connectivity index (χ3n) is 5.28. The Bertz CT molecular complexity index is 709. The van der Waals surface area contributed by atoms with Gasteiger partial charge in [0.2, 0.25) is 11.8 Å². The Hall–Kier alpha value is -2.37. The van der Waals surface area contributed by atoms with Crippen molar-refractivity contribution in [3.05, 3.63) is 42.6 Å². The van der Waals surface area contributed by atoms with Crippen LogP contribution >= 0.6 is 0 Å². The van der Waals surface area contributed by atoms with Crippen LogP contribution in [0.25, 0.3) is 0 Å². The minimum atomic E-state index is 0.0702. The fraction of sp³-hybridized carbons (Fsp3) is 0.526. The predicted octanol–water partition coefficient (Wildman–Crippen LogP) is 2.82. The zero-order valence-corrected chi connectivity index (χ0v) is 14.4. The van der Waals surface area contributed by atoms with Gasteiger partial charge in [0.25, 0.3) is 0 Å². The highest BCUT2D eigenvalue weighted by Gasteiger charge is 2.30. The molecule has 0 unspecified atom stereocenters. The SMILES string of the molecule is O=C(CC1CCCC1)N1Cc2cncn2[C@H](COc2ccccn2)C1. The van der Waals surface area contributed by atoms with E-state index in [1.165, 1.54) is 25.7 Å². The van der Waals surface area contributed by atoms with Gasteiger partial charge in [0.05, 0.1) is 24.6 Å². The van der Waals surface area contributed by atoms with Crippen molar-refractivity contribution in [3.8, 4) is 5.88 Å². The molecule has 132 valence electrons. The molecule has 1 saturated carbocycles. The van der Waals surface area contributed by atoms with Gasteiger partial charge >= 0.3 is 0 Å². The summed E-state index contributed by atoms with van der Waals surface area (Å²) in [6.45, 7) is 1.79. The minimum absolute atomic E-state index is 0.0702. The molecular formula is C19H24N4O2. The van der Waals surface area contributed by atoms with Crippen LogP contribution in [0.15, 0.2) is 36.9 Å². The highest BCUT2D eigenvalue weighted by atomic mass is 16.5. The van der Waals surface area contributed by atoms with Crippen molar-refractivity contribution >= 4 is 5.91 Å². The molecule has 1 aliphatic heterocycles. The molecule has 0 N–H and O–H groups in total. The van der Waals surface area contributed by atoms with E-state index < -0.39 is 0 Å². The number of nitrogens with zero attached hydrogens (tertiary/aromatic N) is 4. The lowest BCUT2D eigenvalue weighted by atomic mass is 10.0. The summed E-state index contributed by atoms with van der Waals surface area (Å²) in [6, 6.07) is 5.69. The molecule has 2 aromatic heterocycles. The number of ether oxygens (including phenoxy) is 1. The quantitative estimate of drug-likeness (QED) is 0.840. The average molecular weight is 340 g/mol. The molecule has 1 aliphatic carbocycles. The number of aromatic nitrogens is 3. The van der Waals surface area contributed by atoms with Crippen LogP contribution in [-0.2, 0) is 11.3 Å². The van der Waals surface area contributed by atoms with E-state index in [1.807, 2.05) is 35.6 Å². The highest BCUT2D eigenvalue weighted by molar-refractivity contribution is 5.76. The maximum Gasteiger partial charge on any atom is 0.223 e. The second-order valence-electron chi connectivity index (χ2n) is 7.05. The lowest BCUT2D eigenvalue weighted by Gasteiger charge is -2.34. The monoisotopic (exact) mass is 340 g/mol. The maximum absolute atomic E-state index is 12.7. The molecule has 1 fully saturated rings. The largest absolute Gasteiger partial charge is 0.475 e. The zero-order chi connectivity index (χ0) is 17.1. The molecule has 25 heavy (non-hydrogen) atoms. The van der Waals surface area contributed by atoms with Crippen LogP contribution in [0.5, 0.6) is 5.88 Å². The number of pyridine rings is 1. The van der Waals surface area contributed by atoms with E-state index in [0.29, 0.717) is 37.9 Å². The summed E-state index contributed by atoms with van der Waals surface area (Å²) in [5, 5.41) is 0. The van der Waals surface area contributed by atoms with Gasteiger partial charge in [-0.3, -0.25) is 4.79 Å². The summed E-state index contributed by atoms with van der Waals surface area (Å²) in [6.07, 6.45) is 11.0. The molecule has 4 rings (SSSR count). The third-order valence-corrected chi connectivity index (χ3v) is 5.28. The van der Waals surface area contributed by atoms with Gasteiger partial charge in [-0.15, -0.1) is 0 Å². The van der Waals surface area contributed by atoms with Crippen molar-refractivity contribution in [1.82, 2.24) is 19.4 Å². The van der Waals surface area contributed by atoms with Crippen molar-refractivity contribution in [2.24, 2.45) is 5.92 Å². The Morgan fingerprint density at radius 3 is 2.96 bits per heavy atom. The standard InChI is InChI=1S/C19H24N4O2/c24-19(9-15-5-1-2-6-15)22-11-16-10-20-14-23(16)17(12-22)13-25-18-7-3-4-8-21-18/h3-4,7-8,10,14-15,17H,1-2,5-6,9,11-13H2/t17-/m0/s1. The first-order chi connectivity index (χ1) is 12.3. The second kappa shape index (κ2) is 7.25. The lowest BCUT2D eigenvalue weighted by Crippen LogP contribution is -2.43. The topological polar surface area (TPSA) is 60.2 Å². The second-order valence-corrected chi connectivity index (χ2v) is 7.05. The van der Waals surface area contributed by atoms with E-state index in [4.69, 9.17) is 4.74 Å². The van der Waals surface area contributed by atoms with Crippen molar-refractivity contribution in [3.63, 3.8) is 0 Å². The fourth-order valence-corrected chi connectivity index (χ4v) is 3.91. The molecule has 3 heterocycles. The molecule has 1 atom stereocenters. The number of imidazole rings is 1. The van der Waals surface area contributed by atoms with Gasteiger partial charge in [-0.05, 0) is 24.8 Å². The summed E-state index contributed by atoms with van der Waals surface area (Å²) in [5.41, 5.74) is 1.07. The van der Waals surface area contributed by atoms with Gasteiger partial charge in [-0.25, -0.2) is 9.97 Å². The molecule has 6 nitrogen and oxygen atoms in total. The van der Waals surface area contributed by atoms with Crippen molar-refractivity contribution in [1.29, 1.82) is 0 Å². The molecule has 0 radical (unpaired) electrons. The number of carbonyl (C=O) groups is 1. The summed E-state index contributed by atoms with van der Waals surface area (Å²) in [7, 11) is 0. The number of rotatable bonds is 5. The molecule has 0 bridgehead atoms. The van der Waals surface area contributed by atoms with Crippen LogP contribution in [0.4, 0.5) is 0 Å². The average Bonchev–Trinajstić information content (AvgIpc) is 3.31. The van der Waals surface area contributed by atoms with Crippen molar-refractivity contribution < 1.29 is 9.53 Å². The number of amides is 1. The van der Waals surface area contributed by atoms with Crippen LogP contribution in [0, 0.1) is 5.92 Å². The number of hydrogen-bond acceptors (Lipinski definition) is 4. The van der Waals surface area contributed by atoms with Crippen molar-refractivity contribution in [2.75, 3.05) is 13.2 Å². The summed E-state index contributed by atoms with van der Waals surface area (Å²) in [4.78, 5) is 23.2. The van der Waals surface area contributed by atoms with Crippen molar-refractivity contribution in [2.45, 2.75) is 44.7 Å². The van der Waals surface area contributed by atoms with E-state index in [2.05, 4.69) is 14.5 Å². The third kappa shape index (κ3) is 3.67. The van der Waals surface area contributed by atoms with E-state index in [-0.39, 0.29) is 11.9 Å². The molecule has 2 aliphatic rings. The fourth-order valence-electron chi connectivity index (χ4n) is 3.91. The van der Waals surface area contributed by atoms with Gasteiger partial charge in [-0.2, -0.15) is 0 Å². The Balaban J connectivity index is 1.42. The Labute approximate surface area is 147 Å². The molecule has 2 aromatic rings.